The van der Waals surface area contributed by atoms with E-state index in [1.54, 1.807) is 6.26 Å². The number of thioether (sulfide) groups is 1. The Balaban J connectivity index is 2.28. The highest BCUT2D eigenvalue weighted by atomic mass is 32.2. The van der Waals surface area contributed by atoms with Crippen molar-refractivity contribution in [2.45, 2.75) is 40.2 Å². The van der Waals surface area contributed by atoms with Gasteiger partial charge in [-0.15, -0.1) is 0 Å². The normalized spacial score (nSPS) is 10.6. The van der Waals surface area contributed by atoms with Crippen molar-refractivity contribution in [3.63, 3.8) is 0 Å². The number of aryl methyl sites for hydroxylation is 3. The number of hydrogen-bond donors (Lipinski definition) is 1. The number of rotatable bonds is 6. The van der Waals surface area contributed by atoms with Crippen molar-refractivity contribution in [3.8, 4) is 5.75 Å². The van der Waals surface area contributed by atoms with Crippen LogP contribution in [-0.4, -0.2) is 11.5 Å². The highest BCUT2D eigenvalue weighted by Gasteiger charge is 2.14. The lowest BCUT2D eigenvalue weighted by molar-refractivity contribution is 0.269. The molecular formula is C20H24FNO2S. The molecule has 1 N–H and O–H groups in total. The molecule has 0 unspecified atom stereocenters. The number of carbonyl (C=O) groups excluding carboxylic acids is 1. The maximum atomic E-state index is 13.9. The lowest BCUT2D eigenvalue weighted by atomic mass is 10.0. The number of ether oxygens (including phenoxy) is 1. The van der Waals surface area contributed by atoms with Crippen LogP contribution in [0.2, 0.25) is 0 Å². The van der Waals surface area contributed by atoms with E-state index in [0.29, 0.717) is 17.7 Å². The van der Waals surface area contributed by atoms with Crippen molar-refractivity contribution in [3.05, 3.63) is 58.4 Å². The van der Waals surface area contributed by atoms with Gasteiger partial charge in [0.1, 0.15) is 18.2 Å². The van der Waals surface area contributed by atoms with E-state index in [1.165, 1.54) is 17.7 Å². The van der Waals surface area contributed by atoms with E-state index in [0.717, 1.165) is 35.1 Å². The fourth-order valence-corrected chi connectivity index (χ4v) is 2.88. The maximum Gasteiger partial charge on any atom is 0.283 e. The molecule has 0 saturated heterocycles. The molecule has 0 heterocycles. The summed E-state index contributed by atoms with van der Waals surface area (Å²) in [6, 6.07) is 8.94. The quantitative estimate of drug-likeness (QED) is 0.714. The summed E-state index contributed by atoms with van der Waals surface area (Å²) in [5, 5.41) is 2.68. The van der Waals surface area contributed by atoms with Gasteiger partial charge in [0.2, 0.25) is 0 Å². The van der Waals surface area contributed by atoms with E-state index < -0.39 is 0 Å². The van der Waals surface area contributed by atoms with Gasteiger partial charge in [0.15, 0.2) is 0 Å². The highest BCUT2D eigenvalue weighted by molar-refractivity contribution is 8.13. The van der Waals surface area contributed by atoms with Crippen LogP contribution in [0.5, 0.6) is 5.75 Å². The van der Waals surface area contributed by atoms with Crippen molar-refractivity contribution in [1.29, 1.82) is 0 Å². The van der Waals surface area contributed by atoms with Gasteiger partial charge < -0.3 is 10.1 Å². The molecule has 0 aromatic heterocycles. The first-order valence-corrected chi connectivity index (χ1v) is 9.59. The molecule has 0 aliphatic heterocycles. The molecule has 134 valence electrons. The van der Waals surface area contributed by atoms with E-state index in [9.17, 15) is 9.18 Å². The standard InChI is InChI=1S/C20H24FNO2S/c1-5-14-7-8-18(13(3)9-14)24-12-16-11-17(21)10-15(6-2)19(16)22-20(23)25-4/h7-11H,5-6,12H2,1-4H3,(H,22,23). The van der Waals surface area contributed by atoms with Crippen LogP contribution >= 0.6 is 11.8 Å². The van der Waals surface area contributed by atoms with E-state index in [2.05, 4.69) is 18.3 Å². The molecule has 2 rings (SSSR count). The van der Waals surface area contributed by atoms with Crippen molar-refractivity contribution in [2.75, 3.05) is 11.6 Å². The summed E-state index contributed by atoms with van der Waals surface area (Å²) < 4.78 is 19.9. The first-order chi connectivity index (χ1) is 12.0. The van der Waals surface area contributed by atoms with Crippen LogP contribution in [0.4, 0.5) is 14.9 Å². The molecule has 0 radical (unpaired) electrons. The van der Waals surface area contributed by atoms with Gasteiger partial charge >= 0.3 is 0 Å². The van der Waals surface area contributed by atoms with Gasteiger partial charge in [0.25, 0.3) is 5.24 Å². The molecular weight excluding hydrogens is 337 g/mol. The topological polar surface area (TPSA) is 38.3 Å². The highest BCUT2D eigenvalue weighted by Crippen LogP contribution is 2.27. The van der Waals surface area contributed by atoms with Gasteiger partial charge in [-0.05, 0) is 60.9 Å². The van der Waals surface area contributed by atoms with Crippen LogP contribution in [0.3, 0.4) is 0 Å². The Kier molecular flexibility index (Phi) is 6.88. The molecule has 0 spiro atoms. The summed E-state index contributed by atoms with van der Waals surface area (Å²) in [5.41, 5.74) is 4.33. The third kappa shape index (κ3) is 4.98. The molecule has 5 heteroatoms. The monoisotopic (exact) mass is 361 g/mol. The first-order valence-electron chi connectivity index (χ1n) is 8.37. The van der Waals surface area contributed by atoms with Crippen LogP contribution < -0.4 is 10.1 Å². The number of amides is 1. The van der Waals surface area contributed by atoms with Crippen LogP contribution in [0.15, 0.2) is 30.3 Å². The third-order valence-electron chi connectivity index (χ3n) is 4.09. The molecule has 0 fully saturated rings. The van der Waals surface area contributed by atoms with Crippen molar-refractivity contribution in [2.24, 2.45) is 0 Å². The Morgan fingerprint density at radius 2 is 1.88 bits per heavy atom. The lowest BCUT2D eigenvalue weighted by Gasteiger charge is -2.17. The molecule has 0 bridgehead atoms. The number of hydrogen-bond acceptors (Lipinski definition) is 3. The molecule has 0 aliphatic rings. The minimum atomic E-state index is -0.323. The van der Waals surface area contributed by atoms with Crippen molar-refractivity contribution >= 4 is 22.7 Å². The Morgan fingerprint density at radius 3 is 2.48 bits per heavy atom. The smallest absolute Gasteiger partial charge is 0.283 e. The number of carbonyl (C=O) groups is 1. The summed E-state index contributed by atoms with van der Waals surface area (Å²) in [6.07, 6.45) is 3.30. The predicted octanol–water partition coefficient (Wildman–Crippen LogP) is 5.73. The SMILES string of the molecule is CCc1ccc(OCc2cc(F)cc(CC)c2NC(=O)SC)c(C)c1. The van der Waals surface area contributed by atoms with Gasteiger partial charge in [0.05, 0.1) is 5.69 Å². The fraction of sp³-hybridized carbons (Fsp3) is 0.350. The number of benzene rings is 2. The van der Waals surface area contributed by atoms with Gasteiger partial charge in [-0.3, -0.25) is 4.79 Å². The molecule has 1 amide bonds. The summed E-state index contributed by atoms with van der Waals surface area (Å²) in [5.74, 6) is 0.442. The summed E-state index contributed by atoms with van der Waals surface area (Å²) >= 11 is 1.09. The minimum Gasteiger partial charge on any atom is -0.489 e. The summed E-state index contributed by atoms with van der Waals surface area (Å²) in [4.78, 5) is 11.8. The van der Waals surface area contributed by atoms with Crippen LogP contribution in [0, 0.1) is 12.7 Å². The Hall–Kier alpha value is -2.01. The Bertz CT molecular complexity index is 762. The van der Waals surface area contributed by atoms with Crippen LogP contribution in [0.1, 0.15) is 36.1 Å². The van der Waals surface area contributed by atoms with E-state index in [-0.39, 0.29) is 17.7 Å². The average molecular weight is 361 g/mol. The zero-order valence-electron chi connectivity index (χ0n) is 15.1. The number of nitrogens with one attached hydrogen (secondary N) is 1. The summed E-state index contributed by atoms with van der Waals surface area (Å²) in [6.45, 7) is 6.23. The van der Waals surface area contributed by atoms with Gasteiger partial charge in [-0.1, -0.05) is 37.7 Å². The van der Waals surface area contributed by atoms with Crippen LogP contribution in [-0.2, 0) is 19.4 Å². The Labute approximate surface area is 153 Å². The van der Waals surface area contributed by atoms with E-state index in [1.807, 2.05) is 26.0 Å². The molecule has 2 aromatic carbocycles. The van der Waals surface area contributed by atoms with Gasteiger partial charge in [-0.25, -0.2) is 4.39 Å². The molecule has 2 aromatic rings. The molecule has 0 saturated carbocycles. The van der Waals surface area contributed by atoms with E-state index >= 15 is 0 Å². The molecule has 0 atom stereocenters. The molecule has 3 nitrogen and oxygen atoms in total. The molecule has 0 aliphatic carbocycles. The van der Waals surface area contributed by atoms with Crippen molar-refractivity contribution in [1.82, 2.24) is 0 Å². The second kappa shape index (κ2) is 8.90. The zero-order chi connectivity index (χ0) is 18.4. The summed E-state index contributed by atoms with van der Waals surface area (Å²) in [7, 11) is 0. The van der Waals surface area contributed by atoms with Gasteiger partial charge in [0, 0.05) is 5.56 Å². The predicted molar refractivity (Wildman–Crippen MR) is 103 cm³/mol. The van der Waals surface area contributed by atoms with E-state index in [4.69, 9.17) is 4.74 Å². The largest absolute Gasteiger partial charge is 0.489 e. The first kappa shape index (κ1) is 19.3. The molecule has 25 heavy (non-hydrogen) atoms. The third-order valence-corrected chi connectivity index (χ3v) is 4.56. The minimum absolute atomic E-state index is 0.175. The second-order valence-corrected chi connectivity index (χ2v) is 6.59. The number of halogens is 1. The lowest BCUT2D eigenvalue weighted by Crippen LogP contribution is -2.11. The average Bonchev–Trinajstić information content (AvgIpc) is 2.61. The second-order valence-electron chi connectivity index (χ2n) is 5.81. The van der Waals surface area contributed by atoms with Gasteiger partial charge in [-0.2, -0.15) is 0 Å². The Morgan fingerprint density at radius 1 is 1.16 bits per heavy atom. The van der Waals surface area contributed by atoms with Crippen molar-refractivity contribution < 1.29 is 13.9 Å². The van der Waals surface area contributed by atoms with Crippen LogP contribution in [0.25, 0.3) is 0 Å². The number of anilines is 1. The zero-order valence-corrected chi connectivity index (χ0v) is 15.9. The fourth-order valence-electron chi connectivity index (χ4n) is 2.68. The maximum absolute atomic E-state index is 13.9.